The second-order valence-electron chi connectivity index (χ2n) is 4.25. The summed E-state index contributed by atoms with van der Waals surface area (Å²) in [7, 11) is 2.20. The van der Waals surface area contributed by atoms with Crippen molar-refractivity contribution in [3.8, 4) is 0 Å². The van der Waals surface area contributed by atoms with E-state index in [0.29, 0.717) is 6.04 Å². The maximum absolute atomic E-state index is 3.46. The Hall–Kier alpha value is -0.800. The molecule has 0 saturated carbocycles. The van der Waals surface area contributed by atoms with Crippen molar-refractivity contribution in [2.24, 2.45) is 0 Å². The monoisotopic (exact) mass is 193 g/mol. The SMILES string of the molecule is Cc1cc(C)c(C2CNCCN2C)[nH]1. The van der Waals surface area contributed by atoms with Crippen LogP contribution in [0.2, 0.25) is 0 Å². The molecule has 0 aromatic carbocycles. The highest BCUT2D eigenvalue weighted by atomic mass is 15.2. The molecule has 0 aliphatic carbocycles. The van der Waals surface area contributed by atoms with Gasteiger partial charge in [0.2, 0.25) is 0 Å². The van der Waals surface area contributed by atoms with E-state index in [2.05, 4.69) is 42.2 Å². The van der Waals surface area contributed by atoms with Crippen LogP contribution in [-0.4, -0.2) is 36.6 Å². The van der Waals surface area contributed by atoms with E-state index in [1.54, 1.807) is 0 Å². The molecule has 1 fully saturated rings. The smallest absolute Gasteiger partial charge is 0.0625 e. The summed E-state index contributed by atoms with van der Waals surface area (Å²) in [4.78, 5) is 5.87. The highest BCUT2D eigenvalue weighted by Crippen LogP contribution is 2.23. The van der Waals surface area contributed by atoms with Crippen molar-refractivity contribution < 1.29 is 0 Å². The molecule has 1 unspecified atom stereocenters. The van der Waals surface area contributed by atoms with Crippen LogP contribution in [0.25, 0.3) is 0 Å². The minimum atomic E-state index is 0.512. The summed E-state index contributed by atoms with van der Waals surface area (Å²) in [6.45, 7) is 7.58. The maximum Gasteiger partial charge on any atom is 0.0625 e. The Morgan fingerprint density at radius 1 is 1.43 bits per heavy atom. The fraction of sp³-hybridized carbons (Fsp3) is 0.636. The van der Waals surface area contributed by atoms with E-state index in [9.17, 15) is 0 Å². The normalized spacial score (nSPS) is 24.1. The van der Waals surface area contributed by atoms with Crippen molar-refractivity contribution in [3.05, 3.63) is 23.0 Å². The molecule has 14 heavy (non-hydrogen) atoms. The van der Waals surface area contributed by atoms with Gasteiger partial charge in [0.1, 0.15) is 0 Å². The van der Waals surface area contributed by atoms with Gasteiger partial charge in [0.25, 0.3) is 0 Å². The lowest BCUT2D eigenvalue weighted by molar-refractivity contribution is 0.198. The quantitative estimate of drug-likeness (QED) is 0.702. The molecule has 3 nitrogen and oxygen atoms in total. The van der Waals surface area contributed by atoms with E-state index in [4.69, 9.17) is 0 Å². The van der Waals surface area contributed by atoms with Gasteiger partial charge in [0.15, 0.2) is 0 Å². The molecule has 0 spiro atoms. The Kier molecular flexibility index (Phi) is 2.61. The van der Waals surface area contributed by atoms with Gasteiger partial charge in [0, 0.05) is 31.0 Å². The molecule has 1 aromatic rings. The number of nitrogens with zero attached hydrogens (tertiary/aromatic N) is 1. The van der Waals surface area contributed by atoms with Crippen LogP contribution in [-0.2, 0) is 0 Å². The first-order valence-electron chi connectivity index (χ1n) is 5.25. The zero-order valence-corrected chi connectivity index (χ0v) is 9.22. The van der Waals surface area contributed by atoms with Crippen LogP contribution >= 0.6 is 0 Å². The first-order valence-corrected chi connectivity index (χ1v) is 5.25. The van der Waals surface area contributed by atoms with Crippen molar-refractivity contribution in [1.29, 1.82) is 0 Å². The van der Waals surface area contributed by atoms with Crippen molar-refractivity contribution in [2.75, 3.05) is 26.7 Å². The Morgan fingerprint density at radius 3 is 2.79 bits per heavy atom. The summed E-state index contributed by atoms with van der Waals surface area (Å²) in [5.74, 6) is 0. The number of aromatic amines is 1. The number of hydrogen-bond donors (Lipinski definition) is 2. The third-order valence-electron chi connectivity index (χ3n) is 3.03. The van der Waals surface area contributed by atoms with Gasteiger partial charge in [-0.2, -0.15) is 0 Å². The van der Waals surface area contributed by atoms with Gasteiger partial charge < -0.3 is 10.3 Å². The standard InChI is InChI=1S/C11H19N3/c1-8-6-9(2)13-11(8)10-7-12-4-5-14(10)3/h6,10,12-13H,4-5,7H2,1-3H3. The summed E-state index contributed by atoms with van der Waals surface area (Å²) in [6.07, 6.45) is 0. The van der Waals surface area contributed by atoms with E-state index in [-0.39, 0.29) is 0 Å². The van der Waals surface area contributed by atoms with Gasteiger partial charge in [-0.05, 0) is 32.5 Å². The molecule has 3 heteroatoms. The Morgan fingerprint density at radius 2 is 2.21 bits per heavy atom. The van der Waals surface area contributed by atoms with E-state index < -0.39 is 0 Å². The highest BCUT2D eigenvalue weighted by Gasteiger charge is 2.22. The van der Waals surface area contributed by atoms with Gasteiger partial charge in [-0.3, -0.25) is 4.90 Å². The zero-order valence-electron chi connectivity index (χ0n) is 9.22. The maximum atomic E-state index is 3.46. The summed E-state index contributed by atoms with van der Waals surface area (Å²) in [5.41, 5.74) is 4.01. The fourth-order valence-electron chi connectivity index (χ4n) is 2.22. The summed E-state index contributed by atoms with van der Waals surface area (Å²) in [5, 5.41) is 3.44. The van der Waals surface area contributed by atoms with Crippen LogP contribution in [0.1, 0.15) is 23.0 Å². The van der Waals surface area contributed by atoms with Gasteiger partial charge in [-0.15, -0.1) is 0 Å². The van der Waals surface area contributed by atoms with Crippen LogP contribution < -0.4 is 5.32 Å². The molecule has 0 radical (unpaired) electrons. The Labute approximate surface area is 85.5 Å². The van der Waals surface area contributed by atoms with E-state index in [0.717, 1.165) is 19.6 Å². The fourth-order valence-corrected chi connectivity index (χ4v) is 2.22. The summed E-state index contributed by atoms with van der Waals surface area (Å²) >= 11 is 0. The predicted octanol–water partition coefficient (Wildman–Crippen LogP) is 1.21. The third-order valence-corrected chi connectivity index (χ3v) is 3.03. The third kappa shape index (κ3) is 1.70. The molecule has 1 aliphatic rings. The lowest BCUT2D eigenvalue weighted by Crippen LogP contribution is -2.44. The molecule has 1 aromatic heterocycles. The Balaban J connectivity index is 2.24. The Bertz CT molecular complexity index is 316. The van der Waals surface area contributed by atoms with Gasteiger partial charge in [0.05, 0.1) is 6.04 Å². The molecule has 1 saturated heterocycles. The molecule has 2 rings (SSSR count). The average molecular weight is 193 g/mol. The number of hydrogen-bond acceptors (Lipinski definition) is 2. The van der Waals surface area contributed by atoms with E-state index in [1.807, 2.05) is 0 Å². The summed E-state index contributed by atoms with van der Waals surface area (Å²) < 4.78 is 0. The van der Waals surface area contributed by atoms with Gasteiger partial charge in [-0.1, -0.05) is 0 Å². The summed E-state index contributed by atoms with van der Waals surface area (Å²) in [6, 6.07) is 2.73. The topological polar surface area (TPSA) is 31.1 Å². The molecular weight excluding hydrogens is 174 g/mol. The first-order chi connectivity index (χ1) is 6.68. The largest absolute Gasteiger partial charge is 0.361 e. The molecule has 78 valence electrons. The second-order valence-corrected chi connectivity index (χ2v) is 4.25. The van der Waals surface area contributed by atoms with Gasteiger partial charge in [-0.25, -0.2) is 0 Å². The molecule has 0 amide bonds. The minimum Gasteiger partial charge on any atom is -0.361 e. The van der Waals surface area contributed by atoms with Gasteiger partial charge >= 0.3 is 0 Å². The van der Waals surface area contributed by atoms with Crippen LogP contribution in [0.5, 0.6) is 0 Å². The average Bonchev–Trinajstić information content (AvgIpc) is 2.46. The van der Waals surface area contributed by atoms with Crippen molar-refractivity contribution in [3.63, 3.8) is 0 Å². The second kappa shape index (κ2) is 3.75. The molecular formula is C11H19N3. The molecule has 1 aliphatic heterocycles. The van der Waals surface area contributed by atoms with E-state index >= 15 is 0 Å². The first kappa shape index (κ1) is 9.74. The number of H-pyrrole nitrogens is 1. The van der Waals surface area contributed by atoms with Crippen LogP contribution in [0.15, 0.2) is 6.07 Å². The zero-order chi connectivity index (χ0) is 10.1. The van der Waals surface area contributed by atoms with Crippen LogP contribution in [0, 0.1) is 13.8 Å². The number of rotatable bonds is 1. The number of aryl methyl sites for hydroxylation is 2. The van der Waals surface area contributed by atoms with E-state index in [1.165, 1.54) is 17.0 Å². The number of aromatic nitrogens is 1. The molecule has 0 bridgehead atoms. The van der Waals surface area contributed by atoms with Crippen molar-refractivity contribution in [1.82, 2.24) is 15.2 Å². The molecule has 1 atom stereocenters. The van der Waals surface area contributed by atoms with Crippen molar-refractivity contribution in [2.45, 2.75) is 19.9 Å². The minimum absolute atomic E-state index is 0.512. The number of likely N-dealkylation sites (N-methyl/N-ethyl adjacent to an activating group) is 1. The number of nitrogens with one attached hydrogen (secondary N) is 2. The molecule has 2 N–H and O–H groups in total. The lowest BCUT2D eigenvalue weighted by Gasteiger charge is -2.33. The highest BCUT2D eigenvalue weighted by molar-refractivity contribution is 5.27. The number of piperazine rings is 1. The van der Waals surface area contributed by atoms with Crippen molar-refractivity contribution >= 4 is 0 Å². The predicted molar refractivity (Wildman–Crippen MR) is 58.5 cm³/mol. The molecule has 2 heterocycles. The van der Waals surface area contributed by atoms with Crippen LogP contribution in [0.4, 0.5) is 0 Å². The lowest BCUT2D eigenvalue weighted by atomic mass is 10.1. The van der Waals surface area contributed by atoms with Crippen LogP contribution in [0.3, 0.4) is 0 Å².